The van der Waals surface area contributed by atoms with Gasteiger partial charge in [0.05, 0.1) is 4.83 Å². The predicted molar refractivity (Wildman–Crippen MR) is 83.2 cm³/mol. The average molecular weight is 320 g/mol. The maximum Gasteiger partial charge on any atom is 0.233 e. The molecule has 0 aliphatic carbocycles. The molecule has 1 atom stereocenters. The first-order valence-electron chi connectivity index (χ1n) is 7.60. The molecule has 18 heavy (non-hydrogen) atoms. The Morgan fingerprint density at radius 1 is 0.944 bits per heavy atom. The molecule has 0 radical (unpaired) electrons. The van der Waals surface area contributed by atoms with Crippen molar-refractivity contribution in [3.63, 3.8) is 0 Å². The van der Waals surface area contributed by atoms with Crippen LogP contribution in [0.4, 0.5) is 0 Å². The van der Waals surface area contributed by atoms with Crippen molar-refractivity contribution >= 4 is 21.8 Å². The van der Waals surface area contributed by atoms with Crippen LogP contribution in [0.1, 0.15) is 78.1 Å². The van der Waals surface area contributed by atoms with Crippen LogP contribution in [0.25, 0.3) is 0 Å². The second kappa shape index (κ2) is 13.4. The third kappa shape index (κ3) is 12.4. The van der Waals surface area contributed by atoms with Gasteiger partial charge in [0.15, 0.2) is 0 Å². The molecule has 0 fully saturated rings. The van der Waals surface area contributed by atoms with Crippen LogP contribution in [-0.2, 0) is 4.79 Å². The van der Waals surface area contributed by atoms with Crippen LogP contribution in [-0.4, -0.2) is 17.3 Å². The number of alkyl halides is 1. The summed E-state index contributed by atoms with van der Waals surface area (Å²) in [6.07, 6.45) is 13.4. The summed E-state index contributed by atoms with van der Waals surface area (Å²) < 4.78 is 0. The van der Waals surface area contributed by atoms with E-state index in [1.54, 1.807) is 0 Å². The molecule has 2 nitrogen and oxygen atoms in total. The fourth-order valence-electron chi connectivity index (χ4n) is 1.96. The van der Waals surface area contributed by atoms with E-state index < -0.39 is 0 Å². The Morgan fingerprint density at radius 3 is 1.83 bits per heavy atom. The van der Waals surface area contributed by atoms with Gasteiger partial charge >= 0.3 is 0 Å². The fourth-order valence-corrected chi connectivity index (χ4v) is 2.13. The van der Waals surface area contributed by atoms with Crippen molar-refractivity contribution in [1.82, 2.24) is 5.32 Å². The van der Waals surface area contributed by atoms with Gasteiger partial charge in [-0.3, -0.25) is 4.79 Å². The second-order valence-electron chi connectivity index (χ2n) is 5.09. The van der Waals surface area contributed by atoms with Crippen LogP contribution in [0.2, 0.25) is 0 Å². The van der Waals surface area contributed by atoms with E-state index in [1.165, 1.54) is 57.8 Å². The molecular weight excluding hydrogens is 290 g/mol. The van der Waals surface area contributed by atoms with E-state index >= 15 is 0 Å². The van der Waals surface area contributed by atoms with Crippen LogP contribution in [0, 0.1) is 0 Å². The number of hydrogen-bond acceptors (Lipinski definition) is 1. The molecule has 108 valence electrons. The molecule has 0 rings (SSSR count). The SMILES string of the molecule is CCCCCCCCCCCCNC(=O)[C@H](C)Br. The largest absolute Gasteiger partial charge is 0.355 e. The molecule has 1 amide bonds. The number of rotatable bonds is 12. The van der Waals surface area contributed by atoms with Crippen molar-refractivity contribution in [2.24, 2.45) is 0 Å². The third-order valence-electron chi connectivity index (χ3n) is 3.19. The van der Waals surface area contributed by atoms with Gasteiger partial charge in [-0.1, -0.05) is 80.6 Å². The number of nitrogens with one attached hydrogen (secondary N) is 1. The Morgan fingerprint density at radius 2 is 1.39 bits per heavy atom. The zero-order valence-electron chi connectivity index (χ0n) is 12.1. The summed E-state index contributed by atoms with van der Waals surface area (Å²) in [5.74, 6) is 0.103. The highest BCUT2D eigenvalue weighted by Gasteiger charge is 2.06. The third-order valence-corrected chi connectivity index (χ3v) is 3.61. The highest BCUT2D eigenvalue weighted by atomic mass is 79.9. The van der Waals surface area contributed by atoms with Crippen molar-refractivity contribution in [1.29, 1.82) is 0 Å². The predicted octanol–water partition coefficient (Wildman–Crippen LogP) is 4.81. The first kappa shape index (κ1) is 17.9. The van der Waals surface area contributed by atoms with Crippen LogP contribution in [0.5, 0.6) is 0 Å². The minimum atomic E-state index is -0.0689. The van der Waals surface area contributed by atoms with E-state index in [4.69, 9.17) is 0 Å². The van der Waals surface area contributed by atoms with Crippen molar-refractivity contribution < 1.29 is 4.79 Å². The number of carbonyl (C=O) groups is 1. The van der Waals surface area contributed by atoms with E-state index in [2.05, 4.69) is 28.2 Å². The van der Waals surface area contributed by atoms with Gasteiger partial charge in [-0.2, -0.15) is 0 Å². The summed E-state index contributed by atoms with van der Waals surface area (Å²) in [6, 6.07) is 0. The molecule has 0 saturated carbocycles. The smallest absolute Gasteiger partial charge is 0.233 e. The van der Waals surface area contributed by atoms with Crippen molar-refractivity contribution in [2.45, 2.75) is 82.9 Å². The lowest BCUT2D eigenvalue weighted by molar-refractivity contribution is -0.120. The quantitative estimate of drug-likeness (QED) is 0.406. The van der Waals surface area contributed by atoms with Gasteiger partial charge < -0.3 is 5.32 Å². The van der Waals surface area contributed by atoms with Crippen LogP contribution in [0.15, 0.2) is 0 Å². The average Bonchev–Trinajstić information content (AvgIpc) is 2.35. The van der Waals surface area contributed by atoms with Crippen molar-refractivity contribution in [2.75, 3.05) is 6.54 Å². The number of halogens is 1. The zero-order valence-corrected chi connectivity index (χ0v) is 13.7. The second-order valence-corrected chi connectivity index (χ2v) is 6.46. The van der Waals surface area contributed by atoms with E-state index in [1.807, 2.05) is 6.92 Å². The summed E-state index contributed by atoms with van der Waals surface area (Å²) >= 11 is 3.26. The Hall–Kier alpha value is -0.0500. The normalized spacial score (nSPS) is 12.4. The highest BCUT2D eigenvalue weighted by Crippen LogP contribution is 2.10. The Labute approximate surface area is 121 Å². The fraction of sp³-hybridized carbons (Fsp3) is 0.933. The Bertz CT molecular complexity index is 195. The minimum Gasteiger partial charge on any atom is -0.355 e. The topological polar surface area (TPSA) is 29.1 Å². The van der Waals surface area contributed by atoms with Gasteiger partial charge in [0.1, 0.15) is 0 Å². The molecule has 0 aromatic heterocycles. The van der Waals surface area contributed by atoms with Gasteiger partial charge in [-0.15, -0.1) is 0 Å². The Balaban J connectivity index is 3.05. The molecule has 0 aromatic rings. The number of carbonyl (C=O) groups excluding carboxylic acids is 1. The molecule has 0 aliphatic heterocycles. The molecule has 0 saturated heterocycles. The molecule has 0 aromatic carbocycles. The zero-order chi connectivity index (χ0) is 13.6. The molecular formula is C15H30BrNO. The molecule has 3 heteroatoms. The monoisotopic (exact) mass is 319 g/mol. The van der Waals surface area contributed by atoms with Crippen LogP contribution >= 0.6 is 15.9 Å². The van der Waals surface area contributed by atoms with Crippen LogP contribution in [0.3, 0.4) is 0 Å². The van der Waals surface area contributed by atoms with E-state index in [-0.39, 0.29) is 10.7 Å². The summed E-state index contributed by atoms with van der Waals surface area (Å²) in [5.41, 5.74) is 0. The minimum absolute atomic E-state index is 0.0689. The molecule has 0 unspecified atom stereocenters. The molecule has 0 spiro atoms. The van der Waals surface area contributed by atoms with Gasteiger partial charge in [-0.25, -0.2) is 0 Å². The van der Waals surface area contributed by atoms with E-state index in [0.29, 0.717) is 0 Å². The van der Waals surface area contributed by atoms with Gasteiger partial charge in [0.25, 0.3) is 0 Å². The van der Waals surface area contributed by atoms with E-state index in [9.17, 15) is 4.79 Å². The first-order valence-corrected chi connectivity index (χ1v) is 8.51. The number of amides is 1. The van der Waals surface area contributed by atoms with Gasteiger partial charge in [0, 0.05) is 6.54 Å². The first-order chi connectivity index (χ1) is 8.68. The van der Waals surface area contributed by atoms with Crippen molar-refractivity contribution in [3.8, 4) is 0 Å². The highest BCUT2D eigenvalue weighted by molar-refractivity contribution is 9.10. The molecule has 1 N–H and O–H groups in total. The van der Waals surface area contributed by atoms with Crippen molar-refractivity contribution in [3.05, 3.63) is 0 Å². The Kier molecular flexibility index (Phi) is 13.3. The molecule has 0 heterocycles. The maximum absolute atomic E-state index is 11.2. The summed E-state index contributed by atoms with van der Waals surface area (Å²) in [5, 5.41) is 2.92. The molecule has 0 aliphatic rings. The van der Waals surface area contributed by atoms with Gasteiger partial charge in [0.2, 0.25) is 5.91 Å². The summed E-state index contributed by atoms with van der Waals surface area (Å²) in [6.45, 7) is 4.94. The van der Waals surface area contributed by atoms with Gasteiger partial charge in [-0.05, 0) is 13.3 Å². The lowest BCUT2D eigenvalue weighted by atomic mass is 10.1. The number of hydrogen-bond donors (Lipinski definition) is 1. The van der Waals surface area contributed by atoms with Crippen LogP contribution < -0.4 is 5.32 Å². The molecule has 0 bridgehead atoms. The lowest BCUT2D eigenvalue weighted by Crippen LogP contribution is -2.30. The maximum atomic E-state index is 11.2. The summed E-state index contributed by atoms with van der Waals surface area (Å²) in [4.78, 5) is 11.2. The standard InChI is InChI=1S/C15H30BrNO/c1-3-4-5-6-7-8-9-10-11-12-13-17-15(18)14(2)16/h14H,3-13H2,1-2H3,(H,17,18)/t14-/m0/s1. The lowest BCUT2D eigenvalue weighted by Gasteiger charge is -2.06. The summed E-state index contributed by atoms with van der Waals surface area (Å²) in [7, 11) is 0. The van der Waals surface area contributed by atoms with E-state index in [0.717, 1.165) is 13.0 Å². The number of unbranched alkanes of at least 4 members (excludes halogenated alkanes) is 9.